The summed E-state index contributed by atoms with van der Waals surface area (Å²) in [6, 6.07) is 0.734. The lowest BCUT2D eigenvalue weighted by Crippen LogP contribution is -2.54. The normalized spacial score (nSPS) is 21.3. The molecule has 2 N–H and O–H groups in total. The maximum Gasteiger partial charge on any atom is 0.430 e. The van der Waals surface area contributed by atoms with Crippen molar-refractivity contribution in [3.63, 3.8) is 0 Å². The van der Waals surface area contributed by atoms with Gasteiger partial charge in [-0.3, -0.25) is 24.5 Å². The van der Waals surface area contributed by atoms with E-state index in [-0.39, 0.29) is 39.3 Å². The molecule has 9 nitrogen and oxygen atoms in total. The molecular formula is C24H18Cl2F6N4O5S. The van der Waals surface area contributed by atoms with Gasteiger partial charge in [-0.25, -0.2) is 4.98 Å². The van der Waals surface area contributed by atoms with Crippen LogP contribution in [0.25, 0.3) is 10.4 Å². The maximum atomic E-state index is 13.7. The molecular weight excluding hydrogens is 641 g/mol. The van der Waals surface area contributed by atoms with Gasteiger partial charge >= 0.3 is 12.4 Å². The molecule has 2 aromatic rings. The van der Waals surface area contributed by atoms with Crippen LogP contribution in [0, 0.1) is 0 Å². The Bertz CT molecular complexity index is 1460. The first-order valence-corrected chi connectivity index (χ1v) is 13.8. The van der Waals surface area contributed by atoms with Crippen molar-refractivity contribution in [2.75, 3.05) is 13.1 Å². The minimum absolute atomic E-state index is 0.130. The fraction of sp³-hybridized carbons (Fsp3) is 0.458. The van der Waals surface area contributed by atoms with Gasteiger partial charge in [0.1, 0.15) is 18.8 Å². The standard InChI is InChI=1S/C24H18Cl2F6N4O5S/c25-15-11(5-6-12(16(15)26)22(41,23(27,28)29)24(30,31)32)18-17(20(39)36-9-1-2-10(36)4-3-9)34-19(42-18)21(40)35-7-13(37)33-14(38)8-35/h5-6,9-10,41H,1-4,7-8H2,(H,33,37,38). The predicted molar refractivity (Wildman–Crippen MR) is 135 cm³/mol. The van der Waals surface area contributed by atoms with E-state index in [2.05, 4.69) is 4.98 Å². The van der Waals surface area contributed by atoms with Gasteiger partial charge in [0.05, 0.1) is 14.9 Å². The van der Waals surface area contributed by atoms with Gasteiger partial charge < -0.3 is 14.9 Å². The zero-order valence-electron chi connectivity index (χ0n) is 20.9. The highest BCUT2D eigenvalue weighted by Gasteiger charge is 2.72. The number of aromatic nitrogens is 1. The van der Waals surface area contributed by atoms with Crippen molar-refractivity contribution >= 4 is 58.2 Å². The fourth-order valence-corrected chi connectivity index (χ4v) is 7.17. The molecule has 5 rings (SSSR count). The predicted octanol–water partition coefficient (Wildman–Crippen LogP) is 4.29. The number of amides is 4. The van der Waals surface area contributed by atoms with E-state index in [0.29, 0.717) is 43.1 Å². The first kappa shape index (κ1) is 30.5. The first-order valence-electron chi connectivity index (χ1n) is 12.3. The van der Waals surface area contributed by atoms with E-state index < -0.39 is 70.3 Å². The highest BCUT2D eigenvalue weighted by Crippen LogP contribution is 2.54. The Morgan fingerprint density at radius 3 is 1.93 bits per heavy atom. The zero-order chi connectivity index (χ0) is 30.9. The summed E-state index contributed by atoms with van der Waals surface area (Å²) in [5.41, 5.74) is -7.84. The van der Waals surface area contributed by atoms with Crippen molar-refractivity contribution in [3.8, 4) is 10.4 Å². The molecule has 0 aliphatic carbocycles. The number of halogens is 8. The molecule has 2 bridgehead atoms. The Morgan fingerprint density at radius 2 is 1.43 bits per heavy atom. The molecule has 1 aromatic heterocycles. The number of imide groups is 1. The van der Waals surface area contributed by atoms with Gasteiger partial charge in [-0.1, -0.05) is 35.3 Å². The second-order valence-electron chi connectivity index (χ2n) is 10.00. The van der Waals surface area contributed by atoms with Crippen LogP contribution in [-0.4, -0.2) is 81.0 Å². The average Bonchev–Trinajstić information content (AvgIpc) is 3.62. The Kier molecular flexibility index (Phi) is 7.52. The van der Waals surface area contributed by atoms with Gasteiger partial charge in [0, 0.05) is 23.2 Å². The lowest BCUT2D eigenvalue weighted by atomic mass is 9.91. The molecule has 1 aromatic carbocycles. The van der Waals surface area contributed by atoms with Gasteiger partial charge in [-0.2, -0.15) is 26.3 Å². The third kappa shape index (κ3) is 4.81. The van der Waals surface area contributed by atoms with E-state index in [1.165, 1.54) is 0 Å². The number of nitrogens with one attached hydrogen (secondary N) is 1. The van der Waals surface area contributed by atoms with Gasteiger partial charge in [0.25, 0.3) is 17.4 Å². The van der Waals surface area contributed by atoms with E-state index in [9.17, 15) is 50.6 Å². The van der Waals surface area contributed by atoms with Gasteiger partial charge in [-0.15, -0.1) is 11.3 Å². The maximum absolute atomic E-state index is 13.7. The number of carbonyl (C=O) groups is 4. The minimum atomic E-state index is -6.24. The van der Waals surface area contributed by atoms with Crippen LogP contribution in [0.3, 0.4) is 0 Å². The van der Waals surface area contributed by atoms with Crippen LogP contribution in [-0.2, 0) is 15.2 Å². The average molecular weight is 659 g/mol. The topological polar surface area (TPSA) is 120 Å². The second-order valence-corrected chi connectivity index (χ2v) is 11.8. The summed E-state index contributed by atoms with van der Waals surface area (Å²) in [5.74, 6) is -3.10. The number of benzene rings is 1. The SMILES string of the molecule is O=C1CN(C(=O)c2nc(C(=O)N3C4CCC3CC4)c(-c3ccc(C(O)(C(F)(F)F)C(F)(F)F)c(Cl)c3Cl)s2)CC(=O)N1. The van der Waals surface area contributed by atoms with E-state index in [1.807, 2.05) is 5.32 Å². The Morgan fingerprint density at radius 1 is 0.905 bits per heavy atom. The summed E-state index contributed by atoms with van der Waals surface area (Å²) in [4.78, 5) is 56.9. The summed E-state index contributed by atoms with van der Waals surface area (Å²) >= 11 is 12.7. The number of rotatable bonds is 4. The molecule has 4 amide bonds. The molecule has 42 heavy (non-hydrogen) atoms. The number of piperazine rings is 1. The number of hydrogen-bond acceptors (Lipinski definition) is 7. The highest BCUT2D eigenvalue weighted by molar-refractivity contribution is 7.17. The van der Waals surface area contributed by atoms with Crippen molar-refractivity contribution in [2.45, 2.75) is 55.7 Å². The molecule has 0 radical (unpaired) electrons. The van der Waals surface area contributed by atoms with Crippen molar-refractivity contribution in [3.05, 3.63) is 38.4 Å². The molecule has 3 aliphatic rings. The Balaban J connectivity index is 1.63. The van der Waals surface area contributed by atoms with Crippen LogP contribution in [0.4, 0.5) is 26.3 Å². The number of carbonyl (C=O) groups excluding carboxylic acids is 4. The number of fused-ring (bicyclic) bond motifs is 2. The van der Waals surface area contributed by atoms with Gasteiger partial charge in [0.2, 0.25) is 11.8 Å². The molecule has 0 atom stereocenters. The molecule has 0 spiro atoms. The van der Waals surface area contributed by atoms with E-state index >= 15 is 0 Å². The van der Waals surface area contributed by atoms with Crippen LogP contribution in [0.1, 0.15) is 51.5 Å². The summed E-state index contributed by atoms with van der Waals surface area (Å²) in [7, 11) is 0. The fourth-order valence-electron chi connectivity index (χ4n) is 5.49. The lowest BCUT2D eigenvalue weighted by Gasteiger charge is -2.33. The highest BCUT2D eigenvalue weighted by atomic mass is 35.5. The Labute approximate surface area is 246 Å². The first-order chi connectivity index (χ1) is 19.5. The second kappa shape index (κ2) is 10.3. The molecule has 0 saturated carbocycles. The van der Waals surface area contributed by atoms with E-state index in [1.54, 1.807) is 4.90 Å². The van der Waals surface area contributed by atoms with Crippen LogP contribution in [0.2, 0.25) is 10.0 Å². The summed E-state index contributed by atoms with van der Waals surface area (Å²) in [5, 5.41) is 9.34. The summed E-state index contributed by atoms with van der Waals surface area (Å²) in [6.07, 6.45) is -9.64. The lowest BCUT2D eigenvalue weighted by molar-refractivity contribution is -0.376. The Hall–Kier alpha value is -2.95. The monoisotopic (exact) mass is 658 g/mol. The van der Waals surface area contributed by atoms with E-state index in [4.69, 9.17) is 23.2 Å². The molecule has 3 saturated heterocycles. The zero-order valence-corrected chi connectivity index (χ0v) is 23.2. The van der Waals surface area contributed by atoms with Crippen LogP contribution < -0.4 is 5.32 Å². The molecule has 226 valence electrons. The van der Waals surface area contributed by atoms with Crippen molar-refractivity contribution in [2.24, 2.45) is 0 Å². The number of thiazole rings is 1. The van der Waals surface area contributed by atoms with Gasteiger partial charge in [-0.05, 0) is 25.7 Å². The van der Waals surface area contributed by atoms with E-state index in [0.717, 1.165) is 4.90 Å². The number of alkyl halides is 6. The van der Waals surface area contributed by atoms with Crippen molar-refractivity contribution in [1.82, 2.24) is 20.1 Å². The van der Waals surface area contributed by atoms with Crippen LogP contribution in [0.5, 0.6) is 0 Å². The molecule has 4 heterocycles. The largest absolute Gasteiger partial charge is 0.430 e. The molecule has 0 unspecified atom stereocenters. The number of hydrogen-bond donors (Lipinski definition) is 2. The number of aliphatic hydroxyl groups is 1. The van der Waals surface area contributed by atoms with Crippen LogP contribution in [0.15, 0.2) is 12.1 Å². The molecule has 18 heteroatoms. The van der Waals surface area contributed by atoms with Crippen molar-refractivity contribution < 1.29 is 50.6 Å². The third-order valence-electron chi connectivity index (χ3n) is 7.47. The summed E-state index contributed by atoms with van der Waals surface area (Å²) in [6.45, 7) is -1.01. The quantitative estimate of drug-likeness (QED) is 0.374. The smallest absolute Gasteiger partial charge is 0.369 e. The third-order valence-corrected chi connectivity index (χ3v) is 9.43. The number of nitrogens with zero attached hydrogens (tertiary/aromatic N) is 3. The minimum Gasteiger partial charge on any atom is -0.369 e. The van der Waals surface area contributed by atoms with Gasteiger partial charge in [0.15, 0.2) is 5.01 Å². The molecule has 3 aliphatic heterocycles. The molecule has 3 fully saturated rings. The summed E-state index contributed by atoms with van der Waals surface area (Å²) < 4.78 is 81.3. The van der Waals surface area contributed by atoms with Crippen molar-refractivity contribution in [1.29, 1.82) is 0 Å². The van der Waals surface area contributed by atoms with Crippen LogP contribution >= 0.6 is 34.5 Å².